The van der Waals surface area contributed by atoms with E-state index in [1.165, 1.54) is 49.7 Å². The molecule has 0 bridgehead atoms. The molecule has 1 heteroatoms. The van der Waals surface area contributed by atoms with Crippen LogP contribution in [0.25, 0.3) is 44.2 Å². The Morgan fingerprint density at radius 3 is 2.03 bits per heavy atom. The second kappa shape index (κ2) is 8.75. The average molecular weight is 489 g/mol. The molecule has 6 aromatic carbocycles. The van der Waals surface area contributed by atoms with E-state index in [-0.39, 0.29) is 5.41 Å². The lowest BCUT2D eigenvalue weighted by Crippen LogP contribution is -2.24. The Bertz CT molecular complexity index is 1810. The monoisotopic (exact) mass is 488 g/mol. The summed E-state index contributed by atoms with van der Waals surface area (Å²) in [7, 11) is 0. The molecule has 1 heterocycles. The molecule has 0 unspecified atom stereocenters. The highest BCUT2D eigenvalue weighted by Gasteiger charge is 2.34. The van der Waals surface area contributed by atoms with Crippen molar-refractivity contribution in [3.8, 4) is 44.9 Å². The van der Waals surface area contributed by atoms with Crippen LogP contribution in [0.2, 0.25) is 0 Å². The Labute approximate surface area is 224 Å². The minimum Gasteiger partial charge on any atom is -0.457 e. The molecule has 38 heavy (non-hydrogen) atoms. The third-order valence-corrected chi connectivity index (χ3v) is 7.95. The molecular formula is C37H28O. The van der Waals surface area contributed by atoms with E-state index in [0.29, 0.717) is 0 Å². The van der Waals surface area contributed by atoms with Crippen molar-refractivity contribution >= 4 is 10.8 Å². The van der Waals surface area contributed by atoms with Gasteiger partial charge in [-0.15, -0.1) is 0 Å². The number of rotatable bonds is 3. The zero-order valence-electron chi connectivity index (χ0n) is 21.6. The van der Waals surface area contributed by atoms with Crippen molar-refractivity contribution in [2.75, 3.05) is 0 Å². The predicted octanol–water partition coefficient (Wildman–Crippen LogP) is 10.3. The second-order valence-electron chi connectivity index (χ2n) is 10.6. The number of hydrogen-bond donors (Lipinski definition) is 0. The molecule has 0 aliphatic carbocycles. The smallest absolute Gasteiger partial charge is 0.132 e. The first kappa shape index (κ1) is 22.6. The molecule has 0 aromatic heterocycles. The van der Waals surface area contributed by atoms with Crippen molar-refractivity contribution < 1.29 is 4.74 Å². The van der Waals surface area contributed by atoms with Gasteiger partial charge in [0.25, 0.3) is 0 Å². The van der Waals surface area contributed by atoms with Gasteiger partial charge in [-0.3, -0.25) is 0 Å². The number of hydrogen-bond acceptors (Lipinski definition) is 1. The summed E-state index contributed by atoms with van der Waals surface area (Å²) in [4.78, 5) is 0. The Morgan fingerprint density at radius 1 is 0.447 bits per heavy atom. The first-order valence-electron chi connectivity index (χ1n) is 13.2. The van der Waals surface area contributed by atoms with Gasteiger partial charge in [0.2, 0.25) is 0 Å². The maximum absolute atomic E-state index is 6.49. The van der Waals surface area contributed by atoms with E-state index in [4.69, 9.17) is 4.74 Å². The fourth-order valence-corrected chi connectivity index (χ4v) is 5.92. The minimum absolute atomic E-state index is 0.129. The van der Waals surface area contributed by atoms with Gasteiger partial charge >= 0.3 is 0 Å². The third-order valence-electron chi connectivity index (χ3n) is 7.95. The van der Waals surface area contributed by atoms with Crippen LogP contribution >= 0.6 is 0 Å². The first-order chi connectivity index (χ1) is 18.6. The summed E-state index contributed by atoms with van der Waals surface area (Å²) in [6.45, 7) is 4.56. The summed E-state index contributed by atoms with van der Waals surface area (Å²) in [5.41, 5.74) is 9.53. The standard InChI is InChI=1S/C37H28O/c1-37(2)33-17-8-9-18-35(33)38-36-24-28(20-22-34(36)37)32-23-27(19-21-31(32)25-11-4-3-5-12-25)30-16-10-14-26-13-6-7-15-29(26)30/h3-24H,1-2H3. The van der Waals surface area contributed by atoms with Crippen LogP contribution in [0.3, 0.4) is 0 Å². The Balaban J connectivity index is 1.43. The highest BCUT2D eigenvalue weighted by Crippen LogP contribution is 2.49. The lowest BCUT2D eigenvalue weighted by molar-refractivity contribution is 0.418. The van der Waals surface area contributed by atoms with Crippen LogP contribution in [-0.2, 0) is 5.41 Å². The van der Waals surface area contributed by atoms with Crippen LogP contribution in [0.1, 0.15) is 25.0 Å². The normalized spacial score (nSPS) is 13.4. The maximum Gasteiger partial charge on any atom is 0.132 e. The van der Waals surface area contributed by atoms with E-state index < -0.39 is 0 Å². The highest BCUT2D eigenvalue weighted by molar-refractivity contribution is 5.98. The Morgan fingerprint density at radius 2 is 1.13 bits per heavy atom. The Hall–Kier alpha value is -4.62. The topological polar surface area (TPSA) is 9.23 Å². The molecule has 0 fully saturated rings. The van der Waals surface area contributed by atoms with Gasteiger partial charge in [-0.2, -0.15) is 0 Å². The van der Waals surface area contributed by atoms with Gasteiger partial charge < -0.3 is 4.74 Å². The number of ether oxygens (including phenoxy) is 1. The summed E-state index contributed by atoms with van der Waals surface area (Å²) in [5, 5.41) is 2.52. The molecule has 6 aromatic rings. The fraction of sp³-hybridized carbons (Fsp3) is 0.0811. The van der Waals surface area contributed by atoms with Crippen molar-refractivity contribution in [2.45, 2.75) is 19.3 Å². The third kappa shape index (κ3) is 3.63. The zero-order chi connectivity index (χ0) is 25.7. The summed E-state index contributed by atoms with van der Waals surface area (Å²) >= 11 is 0. The molecule has 182 valence electrons. The molecule has 1 nitrogen and oxygen atoms in total. The lowest BCUT2D eigenvalue weighted by atomic mass is 9.75. The van der Waals surface area contributed by atoms with E-state index >= 15 is 0 Å². The van der Waals surface area contributed by atoms with E-state index in [9.17, 15) is 0 Å². The van der Waals surface area contributed by atoms with E-state index in [1.54, 1.807) is 0 Å². The van der Waals surface area contributed by atoms with Gasteiger partial charge in [0, 0.05) is 16.5 Å². The van der Waals surface area contributed by atoms with Gasteiger partial charge in [0.15, 0.2) is 0 Å². The summed E-state index contributed by atoms with van der Waals surface area (Å²) in [5.74, 6) is 1.87. The Kier molecular flexibility index (Phi) is 5.19. The summed E-state index contributed by atoms with van der Waals surface area (Å²) in [6.07, 6.45) is 0. The molecule has 0 N–H and O–H groups in total. The molecule has 0 amide bonds. The van der Waals surface area contributed by atoms with Crippen LogP contribution < -0.4 is 4.74 Å². The van der Waals surface area contributed by atoms with Crippen molar-refractivity contribution in [3.63, 3.8) is 0 Å². The van der Waals surface area contributed by atoms with E-state index in [0.717, 1.165) is 17.1 Å². The molecule has 0 atom stereocenters. The molecule has 0 saturated carbocycles. The zero-order valence-corrected chi connectivity index (χ0v) is 21.6. The molecule has 7 rings (SSSR count). The van der Waals surface area contributed by atoms with Crippen LogP contribution in [0, 0.1) is 0 Å². The SMILES string of the molecule is CC1(C)c2ccccc2Oc2cc(-c3cc(-c4cccc5ccccc45)ccc3-c3ccccc3)ccc21. The van der Waals surface area contributed by atoms with Crippen LogP contribution in [0.5, 0.6) is 11.5 Å². The molecule has 0 spiro atoms. The van der Waals surface area contributed by atoms with Gasteiger partial charge in [0.05, 0.1) is 0 Å². The van der Waals surface area contributed by atoms with Crippen molar-refractivity contribution in [2.24, 2.45) is 0 Å². The molecule has 0 saturated heterocycles. The fourth-order valence-electron chi connectivity index (χ4n) is 5.92. The first-order valence-corrected chi connectivity index (χ1v) is 13.2. The van der Waals surface area contributed by atoms with Crippen LogP contribution in [0.15, 0.2) is 133 Å². The molecular weight excluding hydrogens is 460 g/mol. The summed E-state index contributed by atoms with van der Waals surface area (Å²) < 4.78 is 6.49. The molecule has 0 radical (unpaired) electrons. The average Bonchev–Trinajstić information content (AvgIpc) is 2.97. The molecule has 1 aliphatic rings. The van der Waals surface area contributed by atoms with E-state index in [1.807, 2.05) is 6.07 Å². The number of para-hydroxylation sites is 1. The largest absolute Gasteiger partial charge is 0.457 e. The summed E-state index contributed by atoms with van der Waals surface area (Å²) in [6, 6.07) is 47.8. The van der Waals surface area contributed by atoms with Gasteiger partial charge in [0.1, 0.15) is 11.5 Å². The lowest BCUT2D eigenvalue weighted by Gasteiger charge is -2.34. The number of fused-ring (bicyclic) bond motifs is 3. The predicted molar refractivity (Wildman–Crippen MR) is 159 cm³/mol. The quantitative estimate of drug-likeness (QED) is 0.241. The van der Waals surface area contributed by atoms with E-state index in [2.05, 4.69) is 141 Å². The van der Waals surface area contributed by atoms with Gasteiger partial charge in [-0.05, 0) is 62.4 Å². The van der Waals surface area contributed by atoms with Crippen molar-refractivity contribution in [3.05, 3.63) is 145 Å². The molecule has 1 aliphatic heterocycles. The van der Waals surface area contributed by atoms with Crippen LogP contribution in [-0.4, -0.2) is 0 Å². The van der Waals surface area contributed by atoms with Crippen LogP contribution in [0.4, 0.5) is 0 Å². The maximum atomic E-state index is 6.49. The van der Waals surface area contributed by atoms with Gasteiger partial charge in [-0.1, -0.05) is 129 Å². The minimum atomic E-state index is -0.129. The highest BCUT2D eigenvalue weighted by atomic mass is 16.5. The van der Waals surface area contributed by atoms with Crippen molar-refractivity contribution in [1.29, 1.82) is 0 Å². The number of benzene rings is 6. The van der Waals surface area contributed by atoms with Gasteiger partial charge in [-0.25, -0.2) is 0 Å². The van der Waals surface area contributed by atoms with Crippen molar-refractivity contribution in [1.82, 2.24) is 0 Å². The second-order valence-corrected chi connectivity index (χ2v) is 10.6.